The van der Waals surface area contributed by atoms with Gasteiger partial charge in [-0.1, -0.05) is 0 Å². The zero-order valence-electron chi connectivity index (χ0n) is 12.2. The molecule has 0 aliphatic carbocycles. The molecular formula is C8H18O10S3Si-2. The van der Waals surface area contributed by atoms with Crippen LogP contribution < -0.4 is 0 Å². The summed E-state index contributed by atoms with van der Waals surface area (Å²) in [5.41, 5.74) is 0. The number of hydrogen-bond acceptors (Lipinski definition) is 10. The summed E-state index contributed by atoms with van der Waals surface area (Å²) in [6.07, 6.45) is -0.982. The second-order valence-corrected chi connectivity index (χ2v) is 12.2. The van der Waals surface area contributed by atoms with Gasteiger partial charge < -0.3 is 13.3 Å². The third-order valence-electron chi connectivity index (χ3n) is 1.81. The standard InChI is InChI=1S/C8H20O10S3Si/c1-22(2,3)18-21(13,14)16-7-8(17-20(11)12)5-4-6-15-19(9)10/h8H,4-7H2,1-3H3,(H,9,10)(H,11,12)/p-2. The Kier molecular flexibility index (Phi) is 10.3. The molecule has 0 bridgehead atoms. The second-order valence-electron chi connectivity index (χ2n) is 4.98. The highest BCUT2D eigenvalue weighted by Gasteiger charge is 2.26. The van der Waals surface area contributed by atoms with E-state index in [9.17, 15) is 25.9 Å². The lowest BCUT2D eigenvalue weighted by Gasteiger charge is -2.20. The maximum Gasteiger partial charge on any atom is 0.390 e. The first-order valence-electron chi connectivity index (χ1n) is 6.00. The van der Waals surface area contributed by atoms with E-state index < -0.39 is 54.1 Å². The van der Waals surface area contributed by atoms with Gasteiger partial charge in [-0.3, -0.25) is 8.06 Å². The van der Waals surface area contributed by atoms with Crippen molar-refractivity contribution in [2.75, 3.05) is 13.2 Å². The maximum atomic E-state index is 11.5. The molecule has 14 heteroatoms. The van der Waals surface area contributed by atoms with Crippen LogP contribution >= 0.6 is 0 Å². The minimum atomic E-state index is -4.26. The fourth-order valence-electron chi connectivity index (χ4n) is 1.20. The molecule has 0 N–H and O–H groups in total. The molecule has 0 aromatic heterocycles. The molecule has 0 aromatic rings. The Morgan fingerprint density at radius 1 is 1.14 bits per heavy atom. The van der Waals surface area contributed by atoms with E-state index in [0.29, 0.717) is 0 Å². The predicted octanol–water partition coefficient (Wildman–Crippen LogP) is -0.130. The third-order valence-corrected chi connectivity index (χ3v) is 5.84. The van der Waals surface area contributed by atoms with E-state index in [4.69, 9.17) is 3.87 Å². The van der Waals surface area contributed by atoms with Crippen molar-refractivity contribution < 1.29 is 42.4 Å². The van der Waals surface area contributed by atoms with Gasteiger partial charge in [-0.05, 0) is 32.5 Å². The molecule has 0 radical (unpaired) electrons. The van der Waals surface area contributed by atoms with Gasteiger partial charge in [0.15, 0.2) is 0 Å². The van der Waals surface area contributed by atoms with E-state index in [1.807, 2.05) is 0 Å². The van der Waals surface area contributed by atoms with E-state index in [1.165, 1.54) is 0 Å². The summed E-state index contributed by atoms with van der Waals surface area (Å²) in [4.78, 5) is 0. The zero-order valence-corrected chi connectivity index (χ0v) is 15.7. The van der Waals surface area contributed by atoms with Crippen LogP contribution in [0.25, 0.3) is 0 Å². The SMILES string of the molecule is C[Si](C)(C)OS(=O)(=O)OCC(CCCOS(=O)[O-])OS(=O)[O-]. The van der Waals surface area contributed by atoms with E-state index >= 15 is 0 Å². The normalized spacial score (nSPS) is 17.1. The fourth-order valence-corrected chi connectivity index (χ4v) is 4.79. The topological polar surface area (TPSA) is 151 Å². The van der Waals surface area contributed by atoms with Gasteiger partial charge in [0.05, 0.1) is 42.0 Å². The van der Waals surface area contributed by atoms with Crippen molar-refractivity contribution in [1.29, 1.82) is 0 Å². The Bertz CT molecular complexity index is 473. The Morgan fingerprint density at radius 2 is 1.73 bits per heavy atom. The molecule has 0 aromatic carbocycles. The first-order chi connectivity index (χ1) is 9.91. The van der Waals surface area contributed by atoms with Gasteiger partial charge in [0, 0.05) is 0 Å². The van der Waals surface area contributed by atoms with E-state index in [0.717, 1.165) is 0 Å². The first kappa shape index (κ1) is 22.2. The third kappa shape index (κ3) is 13.9. The molecule has 0 aliphatic rings. The van der Waals surface area contributed by atoms with Crippen LogP contribution in [0.15, 0.2) is 0 Å². The highest BCUT2D eigenvalue weighted by molar-refractivity contribution is 7.83. The average molecular weight is 399 g/mol. The van der Waals surface area contributed by atoms with Crippen LogP contribution in [0.2, 0.25) is 19.6 Å². The van der Waals surface area contributed by atoms with Crippen molar-refractivity contribution in [1.82, 2.24) is 0 Å². The van der Waals surface area contributed by atoms with Crippen LogP contribution in [-0.2, 0) is 49.5 Å². The summed E-state index contributed by atoms with van der Waals surface area (Å²) in [7, 11) is -6.67. The molecule has 3 atom stereocenters. The smallest absolute Gasteiger partial charge is 0.390 e. The number of rotatable bonds is 12. The maximum absolute atomic E-state index is 11.5. The highest BCUT2D eigenvalue weighted by atomic mass is 32.3. The molecule has 0 spiro atoms. The van der Waals surface area contributed by atoms with Gasteiger partial charge in [0.1, 0.15) is 0 Å². The van der Waals surface area contributed by atoms with Crippen LogP contribution in [0.5, 0.6) is 0 Å². The molecule has 22 heavy (non-hydrogen) atoms. The Hall–Kier alpha value is 0.227. The van der Waals surface area contributed by atoms with E-state index in [-0.39, 0.29) is 19.4 Å². The van der Waals surface area contributed by atoms with Crippen molar-refractivity contribution in [3.05, 3.63) is 0 Å². The molecule has 0 heterocycles. The van der Waals surface area contributed by atoms with Crippen LogP contribution in [0, 0.1) is 0 Å². The van der Waals surface area contributed by atoms with Crippen LogP contribution in [0.1, 0.15) is 12.8 Å². The van der Waals surface area contributed by atoms with Gasteiger partial charge in [-0.15, -0.1) is 0 Å². The largest absolute Gasteiger partial charge is 0.750 e. The van der Waals surface area contributed by atoms with Crippen molar-refractivity contribution in [3.8, 4) is 0 Å². The summed E-state index contributed by atoms with van der Waals surface area (Å²) in [5.74, 6) is 0. The quantitative estimate of drug-likeness (QED) is 0.247. The molecule has 0 fully saturated rings. The van der Waals surface area contributed by atoms with Crippen LogP contribution in [-0.4, -0.2) is 53.6 Å². The fraction of sp³-hybridized carbons (Fsp3) is 1.00. The molecule has 134 valence electrons. The summed E-state index contributed by atoms with van der Waals surface area (Å²) in [6, 6.07) is 0. The van der Waals surface area contributed by atoms with Crippen LogP contribution in [0.4, 0.5) is 0 Å². The first-order valence-corrected chi connectivity index (χ1v) is 12.7. The average Bonchev–Trinajstić information content (AvgIpc) is 2.27. The lowest BCUT2D eigenvalue weighted by molar-refractivity contribution is 0.112. The van der Waals surface area contributed by atoms with Crippen LogP contribution in [0.3, 0.4) is 0 Å². The lowest BCUT2D eigenvalue weighted by Crippen LogP contribution is -2.32. The monoisotopic (exact) mass is 398 g/mol. The molecule has 0 rings (SSSR count). The molecule has 0 saturated carbocycles. The minimum Gasteiger partial charge on any atom is -0.750 e. The van der Waals surface area contributed by atoms with E-state index in [1.54, 1.807) is 19.6 Å². The summed E-state index contributed by atoms with van der Waals surface area (Å²) < 4.78 is 82.5. The van der Waals surface area contributed by atoms with E-state index in [2.05, 4.69) is 12.5 Å². The predicted molar refractivity (Wildman–Crippen MR) is 77.2 cm³/mol. The summed E-state index contributed by atoms with van der Waals surface area (Å²) in [5, 5.41) is 0. The van der Waals surface area contributed by atoms with Crippen molar-refractivity contribution in [2.45, 2.75) is 38.6 Å². The highest BCUT2D eigenvalue weighted by Crippen LogP contribution is 2.12. The van der Waals surface area contributed by atoms with Gasteiger partial charge in [0.25, 0.3) is 0 Å². The number of hydrogen-bond donors (Lipinski definition) is 0. The summed E-state index contributed by atoms with van der Waals surface area (Å²) >= 11 is -5.55. The molecule has 0 saturated heterocycles. The van der Waals surface area contributed by atoms with Gasteiger partial charge in [-0.2, -0.15) is 8.42 Å². The van der Waals surface area contributed by atoms with Crippen molar-refractivity contribution in [2.24, 2.45) is 0 Å². The molecular weight excluding hydrogens is 380 g/mol. The minimum absolute atomic E-state index is 0.00759. The second kappa shape index (κ2) is 10.2. The van der Waals surface area contributed by atoms with Gasteiger partial charge in [-0.25, -0.2) is 12.6 Å². The zero-order chi connectivity index (χ0) is 17.4. The van der Waals surface area contributed by atoms with Gasteiger partial charge >= 0.3 is 10.4 Å². The Morgan fingerprint density at radius 3 is 2.18 bits per heavy atom. The van der Waals surface area contributed by atoms with Gasteiger partial charge in [0.2, 0.25) is 8.32 Å². The molecule has 0 amide bonds. The lowest BCUT2D eigenvalue weighted by atomic mass is 10.2. The molecule has 10 nitrogen and oxygen atoms in total. The molecule has 0 aliphatic heterocycles. The Balaban J connectivity index is 4.40. The molecule has 3 unspecified atom stereocenters. The van der Waals surface area contributed by atoms with Crippen molar-refractivity contribution >= 4 is 41.4 Å². The Labute approximate surface area is 135 Å². The summed E-state index contributed by atoms with van der Waals surface area (Å²) in [6.45, 7) is 4.12. The van der Waals surface area contributed by atoms with Crippen molar-refractivity contribution in [3.63, 3.8) is 0 Å².